The van der Waals surface area contributed by atoms with E-state index < -0.39 is 6.10 Å². The van der Waals surface area contributed by atoms with E-state index in [2.05, 4.69) is 10.5 Å². The van der Waals surface area contributed by atoms with Gasteiger partial charge in [0.1, 0.15) is 11.8 Å². The molecular weight excluding hydrogens is 304 g/mol. The van der Waals surface area contributed by atoms with Gasteiger partial charge in [0.15, 0.2) is 5.76 Å². The molecule has 118 valence electrons. The molecule has 0 spiro atoms. The number of carbonyl (C=O) groups excluding carboxylic acids is 1. The lowest BCUT2D eigenvalue weighted by molar-refractivity contribution is -0.134. The lowest BCUT2D eigenvalue weighted by atomic mass is 10.1. The Labute approximate surface area is 134 Å². The Hall–Kier alpha value is -1.85. The van der Waals surface area contributed by atoms with E-state index in [1.807, 2.05) is 32.0 Å². The maximum absolute atomic E-state index is 11.9. The molecule has 0 saturated carbocycles. The minimum Gasteiger partial charge on any atom is -0.366 e. The third-order valence-electron chi connectivity index (χ3n) is 2.99. The van der Waals surface area contributed by atoms with Crippen LogP contribution in [0.1, 0.15) is 26.5 Å². The number of rotatable bonds is 6. The number of hydrogen-bond donors (Lipinski definition) is 1. The molecule has 2 aromatic rings. The van der Waals surface area contributed by atoms with Gasteiger partial charge in [-0.1, -0.05) is 28.9 Å². The molecule has 5 nitrogen and oxygen atoms in total. The predicted octanol–water partition coefficient (Wildman–Crippen LogP) is 3.42. The van der Waals surface area contributed by atoms with Gasteiger partial charge in [-0.15, -0.1) is 0 Å². The SMILES string of the molecule is CC(C)O[C@H](C)C(=O)NCc1cc(-c2ccccc2Cl)on1. The zero-order valence-electron chi connectivity index (χ0n) is 12.8. The van der Waals surface area contributed by atoms with E-state index in [0.29, 0.717) is 16.5 Å². The molecule has 0 saturated heterocycles. The molecule has 1 N–H and O–H groups in total. The second kappa shape index (κ2) is 7.42. The molecule has 1 atom stereocenters. The van der Waals surface area contributed by atoms with Crippen LogP contribution in [0.25, 0.3) is 11.3 Å². The molecular formula is C16H19ClN2O3. The molecule has 2 rings (SSSR count). The van der Waals surface area contributed by atoms with Crippen LogP contribution in [0.5, 0.6) is 0 Å². The van der Waals surface area contributed by atoms with Gasteiger partial charge in [-0.05, 0) is 32.9 Å². The number of nitrogens with one attached hydrogen (secondary N) is 1. The minimum absolute atomic E-state index is 0.000347. The number of benzene rings is 1. The monoisotopic (exact) mass is 322 g/mol. The van der Waals surface area contributed by atoms with Crippen molar-refractivity contribution in [3.8, 4) is 11.3 Å². The molecule has 0 unspecified atom stereocenters. The summed E-state index contributed by atoms with van der Waals surface area (Å²) in [6.45, 7) is 5.76. The highest BCUT2D eigenvalue weighted by atomic mass is 35.5. The Balaban J connectivity index is 1.96. The summed E-state index contributed by atoms with van der Waals surface area (Å²) in [5.41, 5.74) is 1.39. The van der Waals surface area contributed by atoms with E-state index in [-0.39, 0.29) is 18.6 Å². The largest absolute Gasteiger partial charge is 0.366 e. The van der Waals surface area contributed by atoms with Crippen molar-refractivity contribution in [1.29, 1.82) is 0 Å². The van der Waals surface area contributed by atoms with E-state index in [0.717, 1.165) is 5.56 Å². The van der Waals surface area contributed by atoms with Crippen LogP contribution in [0.4, 0.5) is 0 Å². The third kappa shape index (κ3) is 4.32. The molecule has 0 bridgehead atoms. The summed E-state index contributed by atoms with van der Waals surface area (Å²) < 4.78 is 10.7. The average molecular weight is 323 g/mol. The fraction of sp³-hybridized carbons (Fsp3) is 0.375. The molecule has 1 heterocycles. The first kappa shape index (κ1) is 16.5. The van der Waals surface area contributed by atoms with Gasteiger partial charge in [0.2, 0.25) is 5.91 Å². The number of amides is 1. The molecule has 0 radical (unpaired) electrons. The molecule has 1 aromatic heterocycles. The summed E-state index contributed by atoms with van der Waals surface area (Å²) in [6.07, 6.45) is -0.505. The van der Waals surface area contributed by atoms with Crippen LogP contribution in [-0.4, -0.2) is 23.3 Å². The summed E-state index contributed by atoms with van der Waals surface area (Å²) in [5.74, 6) is 0.386. The van der Waals surface area contributed by atoms with Gasteiger partial charge < -0.3 is 14.6 Å². The van der Waals surface area contributed by atoms with Gasteiger partial charge in [0.05, 0.1) is 17.7 Å². The van der Waals surface area contributed by atoms with E-state index in [1.165, 1.54) is 0 Å². The van der Waals surface area contributed by atoms with Gasteiger partial charge in [-0.25, -0.2) is 0 Å². The van der Waals surface area contributed by atoms with Crippen LogP contribution in [0, 0.1) is 0 Å². The van der Waals surface area contributed by atoms with Crippen molar-refractivity contribution in [3.05, 3.63) is 41.0 Å². The fourth-order valence-corrected chi connectivity index (χ4v) is 2.20. The summed E-state index contributed by atoms with van der Waals surface area (Å²) in [4.78, 5) is 11.9. The van der Waals surface area contributed by atoms with Crippen LogP contribution in [0.15, 0.2) is 34.9 Å². The van der Waals surface area contributed by atoms with Crippen molar-refractivity contribution in [2.24, 2.45) is 0 Å². The number of ether oxygens (including phenoxy) is 1. The summed E-state index contributed by atoms with van der Waals surface area (Å²) >= 11 is 6.11. The van der Waals surface area contributed by atoms with Crippen molar-refractivity contribution >= 4 is 17.5 Å². The van der Waals surface area contributed by atoms with E-state index in [9.17, 15) is 4.79 Å². The van der Waals surface area contributed by atoms with Gasteiger partial charge in [0.25, 0.3) is 0 Å². The maximum atomic E-state index is 11.9. The Bertz CT molecular complexity index is 640. The number of aromatic nitrogens is 1. The first-order valence-corrected chi connectivity index (χ1v) is 7.49. The van der Waals surface area contributed by atoms with Crippen LogP contribution in [-0.2, 0) is 16.1 Å². The van der Waals surface area contributed by atoms with Gasteiger partial charge in [-0.3, -0.25) is 4.79 Å². The lowest BCUT2D eigenvalue weighted by Gasteiger charge is -2.15. The lowest BCUT2D eigenvalue weighted by Crippen LogP contribution is -2.35. The van der Waals surface area contributed by atoms with Crippen molar-refractivity contribution in [2.45, 2.75) is 39.5 Å². The normalized spacial score (nSPS) is 12.4. The summed E-state index contributed by atoms with van der Waals surface area (Å²) in [7, 11) is 0. The van der Waals surface area contributed by atoms with Crippen molar-refractivity contribution in [2.75, 3.05) is 0 Å². The summed E-state index contributed by atoms with van der Waals surface area (Å²) in [6, 6.07) is 9.11. The van der Waals surface area contributed by atoms with Crippen molar-refractivity contribution in [1.82, 2.24) is 10.5 Å². The molecule has 1 amide bonds. The quantitative estimate of drug-likeness (QED) is 0.885. The molecule has 1 aromatic carbocycles. The second-order valence-electron chi connectivity index (χ2n) is 5.21. The van der Waals surface area contributed by atoms with Gasteiger partial charge >= 0.3 is 0 Å². The Morgan fingerprint density at radius 3 is 2.77 bits per heavy atom. The minimum atomic E-state index is -0.505. The Kier molecular flexibility index (Phi) is 5.57. The van der Waals surface area contributed by atoms with Crippen LogP contribution in [0.2, 0.25) is 5.02 Å². The van der Waals surface area contributed by atoms with E-state index in [4.69, 9.17) is 20.9 Å². The molecule has 0 aliphatic heterocycles. The van der Waals surface area contributed by atoms with Gasteiger partial charge in [-0.2, -0.15) is 0 Å². The Morgan fingerprint density at radius 2 is 2.09 bits per heavy atom. The van der Waals surface area contributed by atoms with Crippen LogP contribution < -0.4 is 5.32 Å². The first-order chi connectivity index (χ1) is 10.5. The number of carbonyl (C=O) groups is 1. The molecule has 22 heavy (non-hydrogen) atoms. The number of hydrogen-bond acceptors (Lipinski definition) is 4. The fourth-order valence-electron chi connectivity index (χ4n) is 1.97. The number of halogens is 1. The topological polar surface area (TPSA) is 64.4 Å². The second-order valence-corrected chi connectivity index (χ2v) is 5.61. The summed E-state index contributed by atoms with van der Waals surface area (Å²) in [5, 5.41) is 7.29. The van der Waals surface area contributed by atoms with Crippen molar-refractivity contribution in [3.63, 3.8) is 0 Å². The highest BCUT2D eigenvalue weighted by Crippen LogP contribution is 2.27. The van der Waals surface area contributed by atoms with E-state index >= 15 is 0 Å². The van der Waals surface area contributed by atoms with Crippen molar-refractivity contribution < 1.29 is 14.1 Å². The average Bonchev–Trinajstić information content (AvgIpc) is 2.93. The number of nitrogens with zero attached hydrogens (tertiary/aromatic N) is 1. The smallest absolute Gasteiger partial charge is 0.249 e. The third-order valence-corrected chi connectivity index (χ3v) is 3.32. The van der Waals surface area contributed by atoms with Crippen LogP contribution >= 0.6 is 11.6 Å². The maximum Gasteiger partial charge on any atom is 0.249 e. The van der Waals surface area contributed by atoms with E-state index in [1.54, 1.807) is 19.1 Å². The highest BCUT2D eigenvalue weighted by molar-refractivity contribution is 6.33. The molecule has 0 aliphatic rings. The molecule has 0 fully saturated rings. The molecule has 0 aliphatic carbocycles. The van der Waals surface area contributed by atoms with Crippen LogP contribution in [0.3, 0.4) is 0 Å². The zero-order valence-corrected chi connectivity index (χ0v) is 13.6. The zero-order chi connectivity index (χ0) is 16.1. The predicted molar refractivity (Wildman–Crippen MR) is 84.5 cm³/mol. The molecule has 6 heteroatoms. The first-order valence-electron chi connectivity index (χ1n) is 7.11. The van der Waals surface area contributed by atoms with Gasteiger partial charge in [0, 0.05) is 11.6 Å². The highest BCUT2D eigenvalue weighted by Gasteiger charge is 2.16. The Morgan fingerprint density at radius 1 is 1.36 bits per heavy atom. The standard InChI is InChI=1S/C16H19ClN2O3/c1-10(2)21-11(3)16(20)18-9-12-8-15(22-19-12)13-6-4-5-7-14(13)17/h4-8,10-11H,9H2,1-3H3,(H,18,20)/t11-/m1/s1.